The van der Waals surface area contributed by atoms with E-state index in [-0.39, 0.29) is 0 Å². The number of benzene rings is 1. The maximum Gasteiger partial charge on any atom is 0.0483 e. The zero-order valence-electron chi connectivity index (χ0n) is 12.2. The number of aromatic nitrogens is 1. The zero-order chi connectivity index (χ0) is 13.8. The van der Waals surface area contributed by atoms with Crippen molar-refractivity contribution in [1.82, 2.24) is 9.88 Å². The average Bonchev–Trinajstić information content (AvgIpc) is 3.23. The Balaban J connectivity index is 1.76. The Kier molecular flexibility index (Phi) is 4.08. The van der Waals surface area contributed by atoms with Crippen molar-refractivity contribution in [3.8, 4) is 11.8 Å². The van der Waals surface area contributed by atoms with Crippen molar-refractivity contribution < 1.29 is 0 Å². The van der Waals surface area contributed by atoms with Gasteiger partial charge in [0.15, 0.2) is 0 Å². The molecule has 2 aromatic rings. The molecule has 20 heavy (non-hydrogen) atoms. The van der Waals surface area contributed by atoms with Crippen LogP contribution in [0, 0.1) is 11.8 Å². The Morgan fingerprint density at radius 1 is 1.30 bits per heavy atom. The monoisotopic (exact) mass is 266 g/mol. The normalized spacial score (nSPS) is 14.2. The number of para-hydroxylation sites is 1. The number of hydrogen-bond acceptors (Lipinski definition) is 1. The van der Waals surface area contributed by atoms with Crippen molar-refractivity contribution in [1.29, 1.82) is 0 Å². The molecule has 104 valence electrons. The van der Waals surface area contributed by atoms with Gasteiger partial charge in [0.2, 0.25) is 0 Å². The van der Waals surface area contributed by atoms with E-state index in [4.69, 9.17) is 0 Å². The van der Waals surface area contributed by atoms with Gasteiger partial charge in [0, 0.05) is 36.1 Å². The van der Waals surface area contributed by atoms with Crippen molar-refractivity contribution in [3.63, 3.8) is 0 Å². The SMILES string of the molecule is CC#CCCn1cc(CCNC2CC2)c2ccccc21. The van der Waals surface area contributed by atoms with Gasteiger partial charge in [0.05, 0.1) is 0 Å². The van der Waals surface area contributed by atoms with E-state index in [1.807, 2.05) is 6.92 Å². The van der Waals surface area contributed by atoms with E-state index in [2.05, 4.69) is 52.2 Å². The van der Waals surface area contributed by atoms with E-state index in [1.165, 1.54) is 29.3 Å². The third-order valence-corrected chi connectivity index (χ3v) is 3.93. The Hall–Kier alpha value is -1.72. The Labute approximate surface area is 121 Å². The van der Waals surface area contributed by atoms with E-state index in [0.717, 1.165) is 32.0 Å². The van der Waals surface area contributed by atoms with Gasteiger partial charge in [-0.2, -0.15) is 0 Å². The molecule has 0 radical (unpaired) electrons. The molecule has 1 fully saturated rings. The standard InChI is InChI=1S/C18H22N2/c1-2-3-6-13-20-14-15(11-12-19-16-9-10-16)17-7-4-5-8-18(17)20/h4-5,7-8,14,16,19H,6,9-13H2,1H3. The first-order valence-electron chi connectivity index (χ1n) is 7.58. The van der Waals surface area contributed by atoms with Gasteiger partial charge < -0.3 is 9.88 Å². The van der Waals surface area contributed by atoms with Crippen molar-refractivity contribution >= 4 is 10.9 Å². The summed E-state index contributed by atoms with van der Waals surface area (Å²) in [5, 5.41) is 5.00. The molecular formula is C18H22N2. The van der Waals surface area contributed by atoms with Crippen LogP contribution in [-0.2, 0) is 13.0 Å². The third-order valence-electron chi connectivity index (χ3n) is 3.93. The highest BCUT2D eigenvalue weighted by molar-refractivity contribution is 5.84. The summed E-state index contributed by atoms with van der Waals surface area (Å²) in [6.07, 6.45) is 7.07. The number of rotatable bonds is 6. The number of aryl methyl sites for hydroxylation is 1. The van der Waals surface area contributed by atoms with Gasteiger partial charge in [-0.3, -0.25) is 0 Å². The van der Waals surface area contributed by atoms with Gasteiger partial charge in [0.1, 0.15) is 0 Å². The molecule has 2 nitrogen and oxygen atoms in total. The van der Waals surface area contributed by atoms with E-state index >= 15 is 0 Å². The fraction of sp³-hybridized carbons (Fsp3) is 0.444. The highest BCUT2D eigenvalue weighted by Crippen LogP contribution is 2.23. The minimum atomic E-state index is 0.795. The van der Waals surface area contributed by atoms with Crippen LogP contribution < -0.4 is 5.32 Å². The maximum absolute atomic E-state index is 3.60. The minimum absolute atomic E-state index is 0.795. The van der Waals surface area contributed by atoms with E-state index in [9.17, 15) is 0 Å². The summed E-state index contributed by atoms with van der Waals surface area (Å²) in [5.74, 6) is 6.13. The molecule has 0 bridgehead atoms. The van der Waals surface area contributed by atoms with E-state index in [0.29, 0.717) is 0 Å². The molecule has 2 heteroatoms. The minimum Gasteiger partial charge on any atom is -0.346 e. The summed E-state index contributed by atoms with van der Waals surface area (Å²) in [6.45, 7) is 3.98. The first kappa shape index (κ1) is 13.3. The molecular weight excluding hydrogens is 244 g/mol. The Bertz CT molecular complexity index is 638. The lowest BCUT2D eigenvalue weighted by molar-refractivity contribution is 0.679. The van der Waals surface area contributed by atoms with Crippen molar-refractivity contribution in [2.75, 3.05) is 6.54 Å². The molecule has 0 aliphatic heterocycles. The summed E-state index contributed by atoms with van der Waals surface area (Å²) < 4.78 is 2.35. The van der Waals surface area contributed by atoms with Crippen LogP contribution in [-0.4, -0.2) is 17.2 Å². The second-order valence-electron chi connectivity index (χ2n) is 5.52. The molecule has 1 aliphatic carbocycles. The molecule has 1 heterocycles. The quantitative estimate of drug-likeness (QED) is 0.793. The van der Waals surface area contributed by atoms with E-state index in [1.54, 1.807) is 0 Å². The van der Waals surface area contributed by atoms with Gasteiger partial charge in [-0.15, -0.1) is 11.8 Å². The fourth-order valence-electron chi connectivity index (χ4n) is 2.71. The van der Waals surface area contributed by atoms with Crippen LogP contribution in [0.15, 0.2) is 30.5 Å². The average molecular weight is 266 g/mol. The molecule has 0 saturated heterocycles. The molecule has 1 saturated carbocycles. The molecule has 0 spiro atoms. The second kappa shape index (κ2) is 6.15. The summed E-state index contributed by atoms with van der Waals surface area (Å²) in [4.78, 5) is 0. The summed E-state index contributed by atoms with van der Waals surface area (Å²) in [5.41, 5.74) is 2.80. The first-order chi connectivity index (χ1) is 9.88. The lowest BCUT2D eigenvalue weighted by atomic mass is 10.1. The molecule has 0 amide bonds. The highest BCUT2D eigenvalue weighted by Gasteiger charge is 2.19. The van der Waals surface area contributed by atoms with Crippen molar-refractivity contribution in [3.05, 3.63) is 36.0 Å². The predicted molar refractivity (Wildman–Crippen MR) is 84.7 cm³/mol. The molecule has 3 rings (SSSR count). The van der Waals surface area contributed by atoms with Crippen LogP contribution in [0.5, 0.6) is 0 Å². The summed E-state index contributed by atoms with van der Waals surface area (Å²) in [7, 11) is 0. The first-order valence-corrected chi connectivity index (χ1v) is 7.58. The predicted octanol–water partition coefficient (Wildman–Crippen LogP) is 3.35. The molecule has 1 aromatic heterocycles. The van der Waals surface area contributed by atoms with E-state index < -0.39 is 0 Å². The number of fused-ring (bicyclic) bond motifs is 1. The lowest BCUT2D eigenvalue weighted by Crippen LogP contribution is -2.19. The molecule has 0 unspecified atom stereocenters. The second-order valence-corrected chi connectivity index (χ2v) is 5.52. The van der Waals surface area contributed by atoms with Crippen LogP contribution >= 0.6 is 0 Å². The maximum atomic E-state index is 3.60. The fourth-order valence-corrected chi connectivity index (χ4v) is 2.71. The number of nitrogens with one attached hydrogen (secondary N) is 1. The van der Waals surface area contributed by atoms with Crippen molar-refractivity contribution in [2.24, 2.45) is 0 Å². The molecule has 0 atom stereocenters. The van der Waals surface area contributed by atoms with Crippen LogP contribution in [0.1, 0.15) is 31.7 Å². The Morgan fingerprint density at radius 3 is 2.95 bits per heavy atom. The van der Waals surface area contributed by atoms with Gasteiger partial charge >= 0.3 is 0 Å². The van der Waals surface area contributed by atoms with Gasteiger partial charge in [0.25, 0.3) is 0 Å². The zero-order valence-corrected chi connectivity index (χ0v) is 12.2. The number of nitrogens with zero attached hydrogens (tertiary/aromatic N) is 1. The van der Waals surface area contributed by atoms with Gasteiger partial charge in [-0.1, -0.05) is 18.2 Å². The van der Waals surface area contributed by atoms with Gasteiger partial charge in [-0.05, 0) is 44.4 Å². The summed E-state index contributed by atoms with van der Waals surface area (Å²) in [6, 6.07) is 9.51. The van der Waals surface area contributed by atoms with Crippen LogP contribution in [0.25, 0.3) is 10.9 Å². The Morgan fingerprint density at radius 2 is 2.15 bits per heavy atom. The largest absolute Gasteiger partial charge is 0.346 e. The van der Waals surface area contributed by atoms with Crippen molar-refractivity contribution in [2.45, 2.75) is 45.2 Å². The molecule has 1 aliphatic rings. The molecule has 1 N–H and O–H groups in total. The summed E-state index contributed by atoms with van der Waals surface area (Å²) >= 11 is 0. The topological polar surface area (TPSA) is 17.0 Å². The van der Waals surface area contributed by atoms with Gasteiger partial charge in [-0.25, -0.2) is 0 Å². The highest BCUT2D eigenvalue weighted by atomic mass is 15.0. The number of hydrogen-bond donors (Lipinski definition) is 1. The molecule has 1 aromatic carbocycles. The van der Waals surface area contributed by atoms with Crippen LogP contribution in [0.2, 0.25) is 0 Å². The van der Waals surface area contributed by atoms with Crippen LogP contribution in [0.4, 0.5) is 0 Å². The lowest BCUT2D eigenvalue weighted by Gasteiger charge is -2.01. The van der Waals surface area contributed by atoms with Crippen LogP contribution in [0.3, 0.4) is 0 Å². The smallest absolute Gasteiger partial charge is 0.0483 e. The third kappa shape index (κ3) is 3.05.